The van der Waals surface area contributed by atoms with Crippen LogP contribution >= 0.6 is 0 Å². The molecule has 0 saturated heterocycles. The van der Waals surface area contributed by atoms with Crippen LogP contribution in [-0.2, 0) is 11.2 Å². The third-order valence-electron chi connectivity index (χ3n) is 2.73. The van der Waals surface area contributed by atoms with Crippen molar-refractivity contribution in [3.8, 4) is 0 Å². The lowest BCUT2D eigenvalue weighted by molar-refractivity contribution is 0.0121. The highest BCUT2D eigenvalue weighted by Crippen LogP contribution is 2.10. The van der Waals surface area contributed by atoms with Crippen molar-refractivity contribution in [2.24, 2.45) is 5.92 Å². The average molecular weight is 265 g/mol. The maximum Gasteiger partial charge on any atom is 0.407 e. The van der Waals surface area contributed by atoms with Crippen LogP contribution in [0.2, 0.25) is 0 Å². The molecule has 0 aliphatic carbocycles. The zero-order valence-corrected chi connectivity index (χ0v) is 11.8. The molecule has 0 radical (unpaired) electrons. The van der Waals surface area contributed by atoms with Crippen molar-refractivity contribution in [2.75, 3.05) is 6.54 Å². The Morgan fingerprint density at radius 1 is 1.26 bits per heavy atom. The lowest BCUT2D eigenvalue weighted by Gasteiger charge is -2.21. The van der Waals surface area contributed by atoms with E-state index in [2.05, 4.69) is 5.32 Å². The van der Waals surface area contributed by atoms with Crippen molar-refractivity contribution in [1.29, 1.82) is 0 Å². The Labute approximate surface area is 114 Å². The predicted molar refractivity (Wildman–Crippen MR) is 74.9 cm³/mol. The molecular weight excluding hydrogens is 242 g/mol. The lowest BCUT2D eigenvalue weighted by atomic mass is 10.0. The number of alkyl carbamates (subject to hydrolysis) is 1. The topological polar surface area (TPSA) is 58.6 Å². The van der Waals surface area contributed by atoms with Gasteiger partial charge in [-0.25, -0.2) is 4.79 Å². The molecule has 4 heteroatoms. The fraction of sp³-hybridized carbons (Fsp3) is 0.533. The number of aliphatic hydroxyl groups is 1. The maximum atomic E-state index is 11.6. The molecule has 0 aromatic heterocycles. The van der Waals surface area contributed by atoms with Crippen LogP contribution < -0.4 is 5.32 Å². The molecule has 1 rings (SSSR count). The number of carbonyl (C=O) groups is 1. The summed E-state index contributed by atoms with van der Waals surface area (Å²) in [5.74, 6) is 0.367. The smallest absolute Gasteiger partial charge is 0.407 e. The van der Waals surface area contributed by atoms with Gasteiger partial charge in [0.25, 0.3) is 0 Å². The normalized spacial score (nSPS) is 13.9. The number of hydrogen-bond acceptors (Lipinski definition) is 3. The van der Waals surface area contributed by atoms with Gasteiger partial charge in [0.1, 0.15) is 6.10 Å². The van der Waals surface area contributed by atoms with Crippen LogP contribution in [0, 0.1) is 5.92 Å². The van der Waals surface area contributed by atoms with Crippen LogP contribution in [0.3, 0.4) is 0 Å². The third kappa shape index (κ3) is 6.25. The van der Waals surface area contributed by atoms with E-state index < -0.39 is 18.3 Å². The zero-order valence-electron chi connectivity index (χ0n) is 11.8. The van der Waals surface area contributed by atoms with Gasteiger partial charge in [0.2, 0.25) is 0 Å². The first-order valence-corrected chi connectivity index (χ1v) is 6.65. The summed E-state index contributed by atoms with van der Waals surface area (Å²) in [6.07, 6.45) is -1.21. The molecule has 106 valence electrons. The molecule has 0 fully saturated rings. The van der Waals surface area contributed by atoms with E-state index in [1.54, 1.807) is 6.92 Å². The Balaban J connectivity index is 2.51. The fourth-order valence-electron chi connectivity index (χ4n) is 1.62. The highest BCUT2D eigenvalue weighted by atomic mass is 16.6. The molecule has 0 saturated carbocycles. The average Bonchev–Trinajstić information content (AvgIpc) is 2.36. The molecule has 1 unspecified atom stereocenters. The number of hydrogen-bond donors (Lipinski definition) is 2. The minimum absolute atomic E-state index is 0.367. The van der Waals surface area contributed by atoms with E-state index in [-0.39, 0.29) is 0 Å². The first-order chi connectivity index (χ1) is 8.99. The molecule has 4 nitrogen and oxygen atoms in total. The van der Waals surface area contributed by atoms with Crippen LogP contribution in [-0.4, -0.2) is 30.0 Å². The summed E-state index contributed by atoms with van der Waals surface area (Å²) < 4.78 is 5.27. The van der Waals surface area contributed by atoms with Crippen molar-refractivity contribution >= 4 is 6.09 Å². The largest absolute Gasteiger partial charge is 0.443 e. The van der Waals surface area contributed by atoms with Gasteiger partial charge in [-0.15, -0.1) is 0 Å². The number of benzene rings is 1. The molecule has 0 aliphatic rings. The van der Waals surface area contributed by atoms with E-state index >= 15 is 0 Å². The summed E-state index contributed by atoms with van der Waals surface area (Å²) in [6, 6.07) is 9.67. The van der Waals surface area contributed by atoms with E-state index in [1.807, 2.05) is 44.2 Å². The number of aliphatic hydroxyl groups excluding tert-OH is 1. The second-order valence-corrected chi connectivity index (χ2v) is 5.15. The van der Waals surface area contributed by atoms with Crippen LogP contribution in [0.5, 0.6) is 0 Å². The minimum Gasteiger partial charge on any atom is -0.443 e. The Kier molecular flexibility index (Phi) is 6.36. The maximum absolute atomic E-state index is 11.6. The molecule has 0 aliphatic heterocycles. The van der Waals surface area contributed by atoms with Gasteiger partial charge in [0, 0.05) is 13.0 Å². The van der Waals surface area contributed by atoms with E-state index in [9.17, 15) is 9.90 Å². The minimum atomic E-state index is -0.704. The second-order valence-electron chi connectivity index (χ2n) is 5.15. The van der Waals surface area contributed by atoms with Gasteiger partial charge in [-0.1, -0.05) is 44.2 Å². The van der Waals surface area contributed by atoms with Gasteiger partial charge in [0.15, 0.2) is 0 Å². The van der Waals surface area contributed by atoms with Gasteiger partial charge in [-0.05, 0) is 18.4 Å². The molecule has 1 amide bonds. The summed E-state index contributed by atoms with van der Waals surface area (Å²) in [5, 5.41) is 12.4. The van der Waals surface area contributed by atoms with E-state index in [4.69, 9.17) is 4.74 Å². The SMILES string of the molecule is CC(C)CNC(=O)O[C@@H](Cc1ccccc1)C(C)O. The standard InChI is InChI=1S/C15H23NO3/c1-11(2)10-16-15(18)19-14(12(3)17)9-13-7-5-4-6-8-13/h4-8,11-12,14,17H,9-10H2,1-3H3,(H,16,18)/t12?,14-/m0/s1. The molecule has 0 spiro atoms. The Morgan fingerprint density at radius 2 is 1.89 bits per heavy atom. The van der Waals surface area contributed by atoms with E-state index in [0.717, 1.165) is 5.56 Å². The Morgan fingerprint density at radius 3 is 2.42 bits per heavy atom. The van der Waals surface area contributed by atoms with Gasteiger partial charge >= 0.3 is 6.09 Å². The quantitative estimate of drug-likeness (QED) is 0.830. The third-order valence-corrected chi connectivity index (χ3v) is 2.73. The van der Waals surface area contributed by atoms with E-state index in [0.29, 0.717) is 18.9 Å². The highest BCUT2D eigenvalue weighted by molar-refractivity contribution is 5.67. The molecule has 2 atom stereocenters. The van der Waals surface area contributed by atoms with Crippen molar-refractivity contribution in [2.45, 2.75) is 39.4 Å². The molecule has 2 N–H and O–H groups in total. The van der Waals surface area contributed by atoms with Crippen LogP contribution in [0.25, 0.3) is 0 Å². The number of nitrogens with one attached hydrogen (secondary N) is 1. The van der Waals surface area contributed by atoms with Crippen molar-refractivity contribution in [1.82, 2.24) is 5.32 Å². The van der Waals surface area contributed by atoms with Gasteiger partial charge < -0.3 is 15.2 Å². The van der Waals surface area contributed by atoms with Crippen molar-refractivity contribution < 1.29 is 14.6 Å². The van der Waals surface area contributed by atoms with Gasteiger partial charge in [-0.3, -0.25) is 0 Å². The summed E-state index contributed by atoms with van der Waals surface area (Å²) >= 11 is 0. The van der Waals surface area contributed by atoms with Gasteiger partial charge in [-0.2, -0.15) is 0 Å². The summed E-state index contributed by atoms with van der Waals surface area (Å²) in [5.41, 5.74) is 1.03. The molecular formula is C15H23NO3. The molecule has 1 aromatic rings. The molecule has 0 bridgehead atoms. The van der Waals surface area contributed by atoms with Crippen LogP contribution in [0.1, 0.15) is 26.3 Å². The number of carbonyl (C=O) groups excluding carboxylic acids is 1. The zero-order chi connectivity index (χ0) is 14.3. The Hall–Kier alpha value is -1.55. The predicted octanol–water partition coefficient (Wildman–Crippen LogP) is 2.36. The van der Waals surface area contributed by atoms with Crippen molar-refractivity contribution in [3.05, 3.63) is 35.9 Å². The summed E-state index contributed by atoms with van der Waals surface area (Å²) in [4.78, 5) is 11.6. The second kappa shape index (κ2) is 7.79. The number of ether oxygens (including phenoxy) is 1. The lowest BCUT2D eigenvalue weighted by Crippen LogP contribution is -2.37. The monoisotopic (exact) mass is 265 g/mol. The summed E-state index contributed by atoms with van der Waals surface area (Å²) in [6.45, 7) is 6.22. The van der Waals surface area contributed by atoms with Crippen LogP contribution in [0.15, 0.2) is 30.3 Å². The fourth-order valence-corrected chi connectivity index (χ4v) is 1.62. The van der Waals surface area contributed by atoms with E-state index in [1.165, 1.54) is 0 Å². The highest BCUT2D eigenvalue weighted by Gasteiger charge is 2.20. The van der Waals surface area contributed by atoms with Gasteiger partial charge in [0.05, 0.1) is 6.10 Å². The first-order valence-electron chi connectivity index (χ1n) is 6.65. The molecule has 19 heavy (non-hydrogen) atoms. The molecule has 1 aromatic carbocycles. The number of rotatable bonds is 6. The Bertz CT molecular complexity index is 376. The first kappa shape index (κ1) is 15.5. The summed E-state index contributed by atoms with van der Waals surface area (Å²) in [7, 11) is 0. The van der Waals surface area contributed by atoms with Crippen molar-refractivity contribution in [3.63, 3.8) is 0 Å². The number of amides is 1. The van der Waals surface area contributed by atoms with Crippen LogP contribution in [0.4, 0.5) is 4.79 Å². The molecule has 0 heterocycles.